The molecule has 0 aliphatic carbocycles. The van der Waals surface area contributed by atoms with E-state index < -0.39 is 0 Å². The molecule has 0 fully saturated rings. The molecule has 0 spiro atoms. The molecule has 28 heavy (non-hydrogen) atoms. The minimum Gasteiger partial charge on any atom is -0.457 e. The molecule has 138 valence electrons. The van der Waals surface area contributed by atoms with Crippen LogP contribution in [-0.4, -0.2) is 20.7 Å². The lowest BCUT2D eigenvalue weighted by atomic mass is 10.2. The average Bonchev–Trinajstić information content (AvgIpc) is 3.25. The highest BCUT2D eigenvalue weighted by Gasteiger charge is 2.08. The molecule has 4 rings (SSSR count). The van der Waals surface area contributed by atoms with E-state index in [2.05, 4.69) is 15.4 Å². The van der Waals surface area contributed by atoms with E-state index in [0.717, 1.165) is 17.0 Å². The SMILES string of the molecule is Cc1cccc(Oc2ccc(NC(=O)c3cccc(-n4cncn4)c3)cc2)c1. The van der Waals surface area contributed by atoms with E-state index in [9.17, 15) is 4.79 Å². The van der Waals surface area contributed by atoms with E-state index in [-0.39, 0.29) is 5.91 Å². The number of amides is 1. The molecule has 1 amide bonds. The largest absolute Gasteiger partial charge is 0.457 e. The molecule has 0 radical (unpaired) electrons. The van der Waals surface area contributed by atoms with Gasteiger partial charge in [-0.05, 0) is 67.1 Å². The summed E-state index contributed by atoms with van der Waals surface area (Å²) in [6.07, 6.45) is 3.04. The van der Waals surface area contributed by atoms with Gasteiger partial charge in [0.05, 0.1) is 5.69 Å². The predicted molar refractivity (Wildman–Crippen MR) is 107 cm³/mol. The van der Waals surface area contributed by atoms with Gasteiger partial charge < -0.3 is 10.1 Å². The Balaban J connectivity index is 1.44. The number of nitrogens with one attached hydrogen (secondary N) is 1. The Morgan fingerprint density at radius 3 is 2.54 bits per heavy atom. The van der Waals surface area contributed by atoms with Crippen molar-refractivity contribution in [1.82, 2.24) is 14.8 Å². The van der Waals surface area contributed by atoms with Gasteiger partial charge in [0, 0.05) is 11.3 Å². The van der Waals surface area contributed by atoms with E-state index >= 15 is 0 Å². The van der Waals surface area contributed by atoms with Gasteiger partial charge in [-0.15, -0.1) is 0 Å². The predicted octanol–water partition coefficient (Wildman–Crippen LogP) is 4.62. The maximum Gasteiger partial charge on any atom is 0.255 e. The second kappa shape index (κ2) is 7.75. The summed E-state index contributed by atoms with van der Waals surface area (Å²) in [5.74, 6) is 1.29. The first-order chi connectivity index (χ1) is 13.7. The van der Waals surface area contributed by atoms with Gasteiger partial charge >= 0.3 is 0 Å². The van der Waals surface area contributed by atoms with Crippen LogP contribution in [0, 0.1) is 6.92 Å². The molecule has 6 nitrogen and oxygen atoms in total. The zero-order valence-corrected chi connectivity index (χ0v) is 15.2. The highest BCUT2D eigenvalue weighted by atomic mass is 16.5. The third-order valence-electron chi connectivity index (χ3n) is 4.13. The van der Waals surface area contributed by atoms with Crippen molar-refractivity contribution in [2.45, 2.75) is 6.92 Å². The number of rotatable bonds is 5. The smallest absolute Gasteiger partial charge is 0.255 e. The van der Waals surface area contributed by atoms with Crippen LogP contribution in [0.15, 0.2) is 85.5 Å². The Kier molecular flexibility index (Phi) is 4.84. The minimum absolute atomic E-state index is 0.200. The lowest BCUT2D eigenvalue weighted by Gasteiger charge is -2.09. The summed E-state index contributed by atoms with van der Waals surface area (Å²) in [4.78, 5) is 16.5. The molecule has 0 unspecified atom stereocenters. The number of aromatic nitrogens is 3. The quantitative estimate of drug-likeness (QED) is 0.556. The second-order valence-electron chi connectivity index (χ2n) is 6.29. The summed E-state index contributed by atoms with van der Waals surface area (Å²) < 4.78 is 7.44. The third kappa shape index (κ3) is 4.07. The van der Waals surface area contributed by atoms with E-state index in [0.29, 0.717) is 17.0 Å². The zero-order valence-electron chi connectivity index (χ0n) is 15.2. The van der Waals surface area contributed by atoms with Crippen LogP contribution in [-0.2, 0) is 0 Å². The van der Waals surface area contributed by atoms with Gasteiger partial charge in [0.15, 0.2) is 0 Å². The van der Waals surface area contributed by atoms with Crippen LogP contribution in [0.2, 0.25) is 0 Å². The van der Waals surface area contributed by atoms with Crippen molar-refractivity contribution in [3.8, 4) is 17.2 Å². The van der Waals surface area contributed by atoms with Crippen molar-refractivity contribution in [1.29, 1.82) is 0 Å². The monoisotopic (exact) mass is 370 g/mol. The molecule has 0 bridgehead atoms. The number of carbonyl (C=O) groups is 1. The summed E-state index contributed by atoms with van der Waals surface area (Å²) in [5, 5.41) is 6.97. The van der Waals surface area contributed by atoms with Crippen LogP contribution in [0.4, 0.5) is 5.69 Å². The molecule has 4 aromatic rings. The Hall–Kier alpha value is -3.93. The fourth-order valence-corrected chi connectivity index (χ4v) is 2.76. The Labute approximate surface area is 162 Å². The van der Waals surface area contributed by atoms with Gasteiger partial charge in [0.2, 0.25) is 0 Å². The highest BCUT2D eigenvalue weighted by molar-refractivity contribution is 6.04. The van der Waals surface area contributed by atoms with E-state index in [4.69, 9.17) is 4.74 Å². The fourth-order valence-electron chi connectivity index (χ4n) is 2.76. The second-order valence-corrected chi connectivity index (χ2v) is 6.29. The van der Waals surface area contributed by atoms with Crippen LogP contribution in [0.1, 0.15) is 15.9 Å². The topological polar surface area (TPSA) is 69.0 Å². The molecular formula is C22H18N4O2. The maximum absolute atomic E-state index is 12.6. The van der Waals surface area contributed by atoms with E-state index in [1.807, 2.05) is 67.6 Å². The first-order valence-corrected chi connectivity index (χ1v) is 8.78. The summed E-state index contributed by atoms with van der Waals surface area (Å²) in [6, 6.07) is 22.3. The zero-order chi connectivity index (χ0) is 19.3. The first kappa shape index (κ1) is 17.5. The van der Waals surface area contributed by atoms with Gasteiger partial charge in [-0.2, -0.15) is 5.10 Å². The Morgan fingerprint density at radius 2 is 1.79 bits per heavy atom. The molecule has 0 saturated heterocycles. The molecule has 0 aliphatic rings. The van der Waals surface area contributed by atoms with Gasteiger partial charge in [0.25, 0.3) is 5.91 Å². The summed E-state index contributed by atoms with van der Waals surface area (Å²) >= 11 is 0. The maximum atomic E-state index is 12.6. The van der Waals surface area contributed by atoms with Gasteiger partial charge in [0.1, 0.15) is 24.2 Å². The Morgan fingerprint density at radius 1 is 0.964 bits per heavy atom. The number of benzene rings is 3. The van der Waals surface area contributed by atoms with Crippen molar-refractivity contribution in [2.75, 3.05) is 5.32 Å². The van der Waals surface area contributed by atoms with Crippen molar-refractivity contribution >= 4 is 11.6 Å². The molecule has 1 aromatic heterocycles. The number of hydrogen-bond acceptors (Lipinski definition) is 4. The standard InChI is InChI=1S/C22H18N4O2/c1-16-4-2-7-21(12-16)28-20-10-8-18(9-11-20)25-22(27)17-5-3-6-19(13-17)26-15-23-14-24-26/h2-15H,1H3,(H,25,27). The molecule has 1 heterocycles. The molecule has 1 N–H and O–H groups in total. The van der Waals surface area contributed by atoms with E-state index in [1.54, 1.807) is 23.1 Å². The van der Waals surface area contributed by atoms with Crippen molar-refractivity contribution < 1.29 is 9.53 Å². The first-order valence-electron chi connectivity index (χ1n) is 8.78. The van der Waals surface area contributed by atoms with Crippen molar-refractivity contribution in [2.24, 2.45) is 0 Å². The molecule has 3 aromatic carbocycles. The number of nitrogens with zero attached hydrogens (tertiary/aromatic N) is 3. The summed E-state index contributed by atoms with van der Waals surface area (Å²) in [6.45, 7) is 2.02. The van der Waals surface area contributed by atoms with Crippen LogP contribution in [0.5, 0.6) is 11.5 Å². The van der Waals surface area contributed by atoms with Gasteiger partial charge in [-0.3, -0.25) is 4.79 Å². The Bertz CT molecular complexity index is 1090. The lowest BCUT2D eigenvalue weighted by molar-refractivity contribution is 0.102. The number of aryl methyl sites for hydroxylation is 1. The summed E-state index contributed by atoms with van der Waals surface area (Å²) in [5.41, 5.74) is 3.13. The van der Waals surface area contributed by atoms with Crippen LogP contribution >= 0.6 is 0 Å². The molecule has 6 heteroatoms. The average molecular weight is 370 g/mol. The number of ether oxygens (including phenoxy) is 1. The van der Waals surface area contributed by atoms with Gasteiger partial charge in [-0.25, -0.2) is 9.67 Å². The number of anilines is 1. The van der Waals surface area contributed by atoms with Crippen LogP contribution in [0.3, 0.4) is 0 Å². The fraction of sp³-hybridized carbons (Fsp3) is 0.0455. The highest BCUT2D eigenvalue weighted by Crippen LogP contribution is 2.24. The van der Waals surface area contributed by atoms with Gasteiger partial charge in [-0.1, -0.05) is 18.2 Å². The minimum atomic E-state index is -0.200. The van der Waals surface area contributed by atoms with E-state index in [1.165, 1.54) is 6.33 Å². The normalized spacial score (nSPS) is 10.5. The van der Waals surface area contributed by atoms with Crippen molar-refractivity contribution in [3.63, 3.8) is 0 Å². The molecule has 0 saturated carbocycles. The number of hydrogen-bond donors (Lipinski definition) is 1. The molecule has 0 aliphatic heterocycles. The summed E-state index contributed by atoms with van der Waals surface area (Å²) in [7, 11) is 0. The molecule has 0 atom stereocenters. The van der Waals surface area contributed by atoms with Crippen LogP contribution < -0.4 is 10.1 Å². The molecular weight excluding hydrogens is 352 g/mol. The number of carbonyl (C=O) groups excluding carboxylic acids is 1. The van der Waals surface area contributed by atoms with Crippen molar-refractivity contribution in [3.05, 3.63) is 96.6 Å². The van der Waals surface area contributed by atoms with Crippen LogP contribution in [0.25, 0.3) is 5.69 Å². The third-order valence-corrected chi connectivity index (χ3v) is 4.13. The lowest BCUT2D eigenvalue weighted by Crippen LogP contribution is -2.12.